The molecule has 0 unspecified atom stereocenters. The second kappa shape index (κ2) is 7.28. The highest BCUT2D eigenvalue weighted by Crippen LogP contribution is 2.36. The molecule has 0 radical (unpaired) electrons. The number of para-hydroxylation sites is 1. The second-order valence-corrected chi connectivity index (χ2v) is 5.41. The van der Waals surface area contributed by atoms with Crippen molar-refractivity contribution in [3.05, 3.63) is 29.3 Å². The summed E-state index contributed by atoms with van der Waals surface area (Å²) in [6.07, 6.45) is -0.216. The van der Waals surface area contributed by atoms with Gasteiger partial charge in [-0.25, -0.2) is 4.79 Å². The summed E-state index contributed by atoms with van der Waals surface area (Å²) in [5, 5.41) is 12.4. The number of alkyl carbamates (subject to hydrolysis) is 1. The molecule has 0 saturated carbocycles. The Morgan fingerprint density at radius 1 is 1.43 bits per heavy atom. The van der Waals surface area contributed by atoms with Gasteiger partial charge in [-0.15, -0.1) is 0 Å². The summed E-state index contributed by atoms with van der Waals surface area (Å²) in [5.41, 5.74) is 1.19. The Kier molecular flexibility index (Phi) is 5.38. The number of carbonyl (C=O) groups excluding carboxylic acids is 3. The average Bonchev–Trinajstić information content (AvgIpc) is 2.52. The van der Waals surface area contributed by atoms with E-state index in [2.05, 4.69) is 10.1 Å². The quantitative estimate of drug-likeness (QED) is 0.620. The molecule has 1 aromatic rings. The average molecular weight is 319 g/mol. The molecule has 23 heavy (non-hydrogen) atoms. The van der Waals surface area contributed by atoms with Crippen LogP contribution in [0, 0.1) is 0 Å². The molecule has 1 aliphatic heterocycles. The fraction of sp³-hybridized carbons (Fsp3) is 0.400. The molecule has 1 amide bonds. The number of rotatable bonds is 5. The molecule has 0 bridgehead atoms. The van der Waals surface area contributed by atoms with Crippen LogP contribution in [0.1, 0.15) is 29.3 Å². The van der Waals surface area contributed by atoms with Crippen molar-refractivity contribution in [1.82, 2.24) is 5.32 Å². The van der Waals surface area contributed by atoms with Gasteiger partial charge in [0.15, 0.2) is 11.6 Å². The van der Waals surface area contributed by atoms with Crippen LogP contribution in [0.25, 0.3) is 0 Å². The first-order valence-corrected chi connectivity index (χ1v) is 7.23. The van der Waals surface area contributed by atoms with Crippen molar-refractivity contribution in [1.29, 1.82) is 0 Å². The number of nitrogens with one attached hydrogen (secondary N) is 1. The third-order valence-corrected chi connectivity index (χ3v) is 3.70. The van der Waals surface area contributed by atoms with E-state index in [-0.39, 0.29) is 24.5 Å². The molecule has 7 nitrogen and oxygen atoms in total. The predicted molar refractivity (Wildman–Crippen MR) is 82.5 cm³/mol. The van der Waals surface area contributed by atoms with Gasteiger partial charge in [-0.3, -0.25) is 9.59 Å². The van der Waals surface area contributed by atoms with Crippen LogP contribution in [0.15, 0.2) is 18.2 Å². The van der Waals surface area contributed by atoms with Crippen molar-refractivity contribution in [2.45, 2.75) is 25.6 Å². The molecule has 122 valence electrons. The van der Waals surface area contributed by atoms with E-state index in [1.165, 1.54) is 14.0 Å². The van der Waals surface area contributed by atoms with Crippen LogP contribution in [0.5, 0.6) is 5.75 Å². The number of carbonyl (C=O) groups is 3. The first kappa shape index (κ1) is 17.0. The van der Waals surface area contributed by atoms with E-state index in [1.807, 2.05) is 0 Å². The summed E-state index contributed by atoms with van der Waals surface area (Å²) in [4.78, 5) is 34.4. The predicted octanol–water partition coefficient (Wildman–Crippen LogP) is 0.990. The topological polar surface area (TPSA) is 102 Å². The van der Waals surface area contributed by atoms with Crippen molar-refractivity contribution < 1.29 is 28.8 Å². The summed E-state index contributed by atoms with van der Waals surface area (Å²) in [5.74, 6) is -0.444. The Morgan fingerprint density at radius 2 is 2.17 bits per heavy atom. The Hall–Kier alpha value is -2.35. The Morgan fingerprint density at radius 3 is 2.83 bits per heavy atom. The zero-order chi connectivity index (χ0) is 17.0. The maximum atomic E-state index is 11.9. The molecule has 0 fully saturated rings. The lowest BCUT2D eigenvalue weighted by Crippen LogP contribution is -2.37. The van der Waals surface area contributed by atoms with Crippen LogP contribution in [0.2, 0.25) is 5.82 Å². The van der Waals surface area contributed by atoms with Gasteiger partial charge in [-0.2, -0.15) is 0 Å². The maximum absolute atomic E-state index is 11.9. The maximum Gasteiger partial charge on any atom is 0.526 e. The van der Waals surface area contributed by atoms with Crippen molar-refractivity contribution in [3.8, 4) is 5.75 Å². The van der Waals surface area contributed by atoms with E-state index in [4.69, 9.17) is 4.65 Å². The summed E-state index contributed by atoms with van der Waals surface area (Å²) in [6.45, 7) is 1.26. The fourth-order valence-corrected chi connectivity index (χ4v) is 2.54. The number of methoxy groups -OCH3 is 1. The van der Waals surface area contributed by atoms with Crippen molar-refractivity contribution in [2.24, 2.45) is 0 Å². The summed E-state index contributed by atoms with van der Waals surface area (Å²) in [6, 6.07) is 5.19. The lowest BCUT2D eigenvalue weighted by Gasteiger charge is -2.28. The minimum atomic E-state index is -1.18. The number of ether oxygens (including phenoxy) is 1. The van der Waals surface area contributed by atoms with E-state index in [0.717, 1.165) is 5.56 Å². The van der Waals surface area contributed by atoms with Gasteiger partial charge < -0.3 is 19.7 Å². The van der Waals surface area contributed by atoms with E-state index in [9.17, 15) is 19.4 Å². The van der Waals surface area contributed by atoms with Gasteiger partial charge in [-0.1, -0.05) is 12.1 Å². The van der Waals surface area contributed by atoms with Gasteiger partial charge in [0.25, 0.3) is 0 Å². The Labute approximate surface area is 134 Å². The standard InChI is InChI=1S/C15H18BNO6/c1-9(18)13-5-3-4-10-6-11(16(21)23-14(10)13)7-12(19)8-17-15(20)22-2/h3-5,11,21H,6-8H2,1-2H3,(H,17,20)/t11-/m1/s1. The molecule has 0 aromatic heterocycles. The highest BCUT2D eigenvalue weighted by molar-refractivity contribution is 6.47. The molecule has 1 atom stereocenters. The van der Waals surface area contributed by atoms with Crippen LogP contribution in [-0.2, 0) is 16.0 Å². The summed E-state index contributed by atoms with van der Waals surface area (Å²) in [7, 11) is 0.0345. The van der Waals surface area contributed by atoms with Crippen LogP contribution < -0.4 is 9.97 Å². The van der Waals surface area contributed by atoms with Gasteiger partial charge in [0.05, 0.1) is 19.2 Å². The molecule has 1 aliphatic rings. The molecular formula is C15H18BNO6. The van der Waals surface area contributed by atoms with E-state index >= 15 is 0 Å². The molecule has 1 aromatic carbocycles. The highest BCUT2D eigenvalue weighted by atomic mass is 16.5. The Bertz CT molecular complexity index is 632. The zero-order valence-corrected chi connectivity index (χ0v) is 13.0. The van der Waals surface area contributed by atoms with Crippen molar-refractivity contribution in [3.63, 3.8) is 0 Å². The van der Waals surface area contributed by atoms with Gasteiger partial charge >= 0.3 is 13.2 Å². The highest BCUT2D eigenvalue weighted by Gasteiger charge is 2.37. The molecule has 1 heterocycles. The molecule has 2 N–H and O–H groups in total. The lowest BCUT2D eigenvalue weighted by molar-refractivity contribution is -0.118. The van der Waals surface area contributed by atoms with E-state index in [1.54, 1.807) is 18.2 Å². The van der Waals surface area contributed by atoms with E-state index < -0.39 is 19.0 Å². The molecule has 0 aliphatic carbocycles. The molecule has 0 spiro atoms. The first-order chi connectivity index (χ1) is 10.9. The van der Waals surface area contributed by atoms with Gasteiger partial charge in [0.1, 0.15) is 5.75 Å². The largest absolute Gasteiger partial charge is 0.535 e. The lowest BCUT2D eigenvalue weighted by atomic mass is 9.64. The number of fused-ring (bicyclic) bond motifs is 1. The fourth-order valence-electron chi connectivity index (χ4n) is 2.54. The van der Waals surface area contributed by atoms with E-state index in [0.29, 0.717) is 17.7 Å². The van der Waals surface area contributed by atoms with Gasteiger partial charge in [0, 0.05) is 12.2 Å². The number of ketones is 2. The summed E-state index contributed by atoms with van der Waals surface area (Å²) < 4.78 is 9.84. The third-order valence-electron chi connectivity index (χ3n) is 3.70. The number of hydrogen-bond acceptors (Lipinski definition) is 6. The van der Waals surface area contributed by atoms with Crippen LogP contribution in [0.3, 0.4) is 0 Å². The number of benzene rings is 1. The molecule has 2 rings (SSSR count). The minimum Gasteiger partial charge on any atom is -0.535 e. The third kappa shape index (κ3) is 4.10. The smallest absolute Gasteiger partial charge is 0.526 e. The molecule has 0 saturated heterocycles. The SMILES string of the molecule is COC(=O)NCC(=O)C[C@H]1Cc2cccc(C(C)=O)c2OB1O. The molecular weight excluding hydrogens is 301 g/mol. The van der Waals surface area contributed by atoms with Crippen LogP contribution in [-0.4, -0.2) is 43.5 Å². The number of amides is 1. The van der Waals surface area contributed by atoms with Gasteiger partial charge in [-0.05, 0) is 25.0 Å². The molecule has 8 heteroatoms. The first-order valence-electron chi connectivity index (χ1n) is 7.23. The van der Waals surface area contributed by atoms with Crippen LogP contribution >= 0.6 is 0 Å². The van der Waals surface area contributed by atoms with Crippen molar-refractivity contribution >= 4 is 24.8 Å². The zero-order valence-electron chi connectivity index (χ0n) is 13.0. The normalized spacial score (nSPS) is 16.1. The Balaban J connectivity index is 2.04. The number of Topliss-reactive ketones (excluding diaryl/α,β-unsaturated/α-hetero) is 2. The number of hydrogen-bond donors (Lipinski definition) is 2. The second-order valence-electron chi connectivity index (χ2n) is 5.41. The van der Waals surface area contributed by atoms with Crippen LogP contribution in [0.4, 0.5) is 4.79 Å². The van der Waals surface area contributed by atoms with Crippen molar-refractivity contribution in [2.75, 3.05) is 13.7 Å². The van der Waals surface area contributed by atoms with Gasteiger partial charge in [0.2, 0.25) is 0 Å². The minimum absolute atomic E-state index is 0.0505. The summed E-state index contributed by atoms with van der Waals surface area (Å²) >= 11 is 0. The monoisotopic (exact) mass is 319 g/mol.